The van der Waals surface area contributed by atoms with Crippen LogP contribution in [0.2, 0.25) is 0 Å². The fraction of sp³-hybridized carbons (Fsp3) is 0.167. The third-order valence-corrected chi connectivity index (χ3v) is 2.36. The van der Waals surface area contributed by atoms with Gasteiger partial charge >= 0.3 is 12.1 Å². The van der Waals surface area contributed by atoms with Crippen LogP contribution in [0.3, 0.4) is 0 Å². The van der Waals surface area contributed by atoms with E-state index in [9.17, 15) is 18.0 Å². The number of aromatic nitrogens is 2. The summed E-state index contributed by atoms with van der Waals surface area (Å²) in [7, 11) is 0. The minimum atomic E-state index is -4.67. The number of carbonyl (C=O) groups is 1. The van der Waals surface area contributed by atoms with Crippen molar-refractivity contribution in [2.24, 2.45) is 0 Å². The van der Waals surface area contributed by atoms with Crippen LogP contribution in [0, 0.1) is 0 Å². The van der Waals surface area contributed by atoms with E-state index in [-0.39, 0.29) is 6.61 Å². The summed E-state index contributed by atoms with van der Waals surface area (Å²) in [5.74, 6) is -1.06. The molecule has 1 aromatic heterocycles. The lowest BCUT2D eigenvalue weighted by Crippen LogP contribution is -2.14. The Bertz CT molecular complexity index is 564. The number of rotatable bonds is 3. The van der Waals surface area contributed by atoms with Gasteiger partial charge in [-0.05, 0) is 5.56 Å². The van der Waals surface area contributed by atoms with E-state index >= 15 is 0 Å². The van der Waals surface area contributed by atoms with Gasteiger partial charge in [-0.25, -0.2) is 4.79 Å². The number of hydrogen-bond donors (Lipinski definition) is 1. The van der Waals surface area contributed by atoms with Crippen molar-refractivity contribution >= 4 is 5.97 Å². The molecule has 0 amide bonds. The van der Waals surface area contributed by atoms with Gasteiger partial charge in [0.05, 0.1) is 6.20 Å². The first-order valence-corrected chi connectivity index (χ1v) is 5.30. The number of aromatic amines is 1. The number of H-pyrrole nitrogens is 1. The van der Waals surface area contributed by atoms with E-state index in [4.69, 9.17) is 4.74 Å². The molecule has 0 unspecified atom stereocenters. The van der Waals surface area contributed by atoms with Crippen molar-refractivity contribution in [2.45, 2.75) is 12.8 Å². The smallest absolute Gasteiger partial charge is 0.433 e. The van der Waals surface area contributed by atoms with Gasteiger partial charge in [0.2, 0.25) is 0 Å². The highest BCUT2D eigenvalue weighted by Gasteiger charge is 2.38. The molecule has 0 saturated heterocycles. The maximum absolute atomic E-state index is 12.5. The number of carbonyl (C=O) groups excluding carboxylic acids is 1. The quantitative estimate of drug-likeness (QED) is 0.872. The van der Waals surface area contributed by atoms with E-state index in [2.05, 4.69) is 5.10 Å². The Labute approximate surface area is 106 Å². The molecule has 1 N–H and O–H groups in total. The predicted molar refractivity (Wildman–Crippen MR) is 59.2 cm³/mol. The van der Waals surface area contributed by atoms with E-state index in [0.717, 1.165) is 6.20 Å². The zero-order valence-electron chi connectivity index (χ0n) is 9.57. The standard InChI is InChI=1S/C12H9F3N2O2/c13-12(14,15)10-9(6-16-17-10)11(18)19-7-8-4-2-1-3-5-8/h1-6H,7H2,(H,16,17). The Balaban J connectivity index is 2.07. The van der Waals surface area contributed by atoms with Crippen molar-refractivity contribution in [2.75, 3.05) is 0 Å². The number of benzene rings is 1. The second-order valence-electron chi connectivity index (χ2n) is 3.72. The summed E-state index contributed by atoms with van der Waals surface area (Å²) in [4.78, 5) is 11.6. The number of ether oxygens (including phenoxy) is 1. The van der Waals surface area contributed by atoms with Gasteiger partial charge in [-0.1, -0.05) is 30.3 Å². The van der Waals surface area contributed by atoms with Crippen LogP contribution in [0.15, 0.2) is 36.5 Å². The van der Waals surface area contributed by atoms with Crippen LogP contribution < -0.4 is 0 Å². The molecule has 0 aliphatic heterocycles. The molecule has 0 atom stereocenters. The summed E-state index contributed by atoms with van der Waals surface area (Å²) in [6, 6.07) is 8.66. The normalized spacial score (nSPS) is 11.3. The first kappa shape index (κ1) is 13.1. The van der Waals surface area contributed by atoms with Gasteiger partial charge in [0, 0.05) is 0 Å². The fourth-order valence-electron chi connectivity index (χ4n) is 1.46. The third kappa shape index (κ3) is 3.12. The predicted octanol–water partition coefficient (Wildman–Crippen LogP) is 2.79. The van der Waals surface area contributed by atoms with Crippen LogP contribution in [0.4, 0.5) is 13.2 Å². The minimum absolute atomic E-state index is 0.0951. The molecule has 4 nitrogen and oxygen atoms in total. The van der Waals surface area contributed by atoms with Gasteiger partial charge in [0.15, 0.2) is 5.69 Å². The number of nitrogens with zero attached hydrogens (tertiary/aromatic N) is 1. The average molecular weight is 270 g/mol. The van der Waals surface area contributed by atoms with E-state index in [1.165, 1.54) is 0 Å². The lowest BCUT2D eigenvalue weighted by atomic mass is 10.2. The average Bonchev–Trinajstić information content (AvgIpc) is 2.86. The molecule has 1 aromatic carbocycles. The molecule has 0 aliphatic carbocycles. The lowest BCUT2D eigenvalue weighted by molar-refractivity contribution is -0.141. The third-order valence-electron chi connectivity index (χ3n) is 2.36. The largest absolute Gasteiger partial charge is 0.457 e. The van der Waals surface area contributed by atoms with Gasteiger partial charge in [0.25, 0.3) is 0 Å². The molecule has 19 heavy (non-hydrogen) atoms. The summed E-state index contributed by atoms with van der Waals surface area (Å²) in [6.07, 6.45) is -3.87. The van der Waals surface area contributed by atoms with Gasteiger partial charge in [-0.2, -0.15) is 18.3 Å². The van der Waals surface area contributed by atoms with Crippen molar-refractivity contribution in [3.8, 4) is 0 Å². The second kappa shape index (κ2) is 5.13. The molecule has 0 saturated carbocycles. The molecule has 2 aromatic rings. The Hall–Kier alpha value is -2.31. The second-order valence-corrected chi connectivity index (χ2v) is 3.72. The lowest BCUT2D eigenvalue weighted by Gasteiger charge is -2.07. The molecule has 0 radical (unpaired) electrons. The summed E-state index contributed by atoms with van der Waals surface area (Å²) in [5, 5.41) is 4.97. The van der Waals surface area contributed by atoms with Gasteiger partial charge in [-0.3, -0.25) is 5.10 Å². The van der Waals surface area contributed by atoms with Crippen molar-refractivity contribution in [1.82, 2.24) is 10.2 Å². The Morgan fingerprint density at radius 2 is 1.95 bits per heavy atom. The zero-order chi connectivity index (χ0) is 13.9. The van der Waals surface area contributed by atoms with E-state index in [0.29, 0.717) is 5.56 Å². The van der Waals surface area contributed by atoms with Crippen LogP contribution in [0.25, 0.3) is 0 Å². The summed E-state index contributed by atoms with van der Waals surface area (Å²) < 4.78 is 42.4. The maximum Gasteiger partial charge on any atom is 0.433 e. The molecule has 0 spiro atoms. The molecule has 7 heteroatoms. The van der Waals surface area contributed by atoms with Crippen molar-refractivity contribution in [1.29, 1.82) is 0 Å². The van der Waals surface area contributed by atoms with E-state index < -0.39 is 23.4 Å². The molecule has 0 aliphatic rings. The van der Waals surface area contributed by atoms with E-state index in [1.807, 2.05) is 0 Å². The van der Waals surface area contributed by atoms with Gasteiger partial charge in [-0.15, -0.1) is 0 Å². The minimum Gasteiger partial charge on any atom is -0.457 e. The molecular weight excluding hydrogens is 261 g/mol. The Kier molecular flexibility index (Phi) is 3.55. The van der Waals surface area contributed by atoms with Crippen molar-refractivity contribution < 1.29 is 22.7 Å². The molecule has 0 fully saturated rings. The monoisotopic (exact) mass is 270 g/mol. The topological polar surface area (TPSA) is 55.0 Å². The zero-order valence-corrected chi connectivity index (χ0v) is 9.57. The van der Waals surface area contributed by atoms with Crippen LogP contribution in [0.1, 0.15) is 21.6 Å². The molecule has 1 heterocycles. The first-order valence-electron chi connectivity index (χ1n) is 5.30. The SMILES string of the molecule is O=C(OCc1ccccc1)c1cn[nH]c1C(F)(F)F. The number of halogens is 3. The number of nitrogens with one attached hydrogen (secondary N) is 1. The number of alkyl halides is 3. The van der Waals surface area contributed by atoms with Crippen LogP contribution in [-0.2, 0) is 17.5 Å². The molecular formula is C12H9F3N2O2. The highest BCUT2D eigenvalue weighted by atomic mass is 19.4. The van der Waals surface area contributed by atoms with Crippen LogP contribution in [-0.4, -0.2) is 16.2 Å². The maximum atomic E-state index is 12.5. The van der Waals surface area contributed by atoms with Crippen molar-refractivity contribution in [3.63, 3.8) is 0 Å². The summed E-state index contributed by atoms with van der Waals surface area (Å²) >= 11 is 0. The molecule has 0 bridgehead atoms. The number of hydrogen-bond acceptors (Lipinski definition) is 3. The first-order chi connectivity index (χ1) is 8.98. The van der Waals surface area contributed by atoms with Crippen LogP contribution >= 0.6 is 0 Å². The highest BCUT2D eigenvalue weighted by Crippen LogP contribution is 2.30. The highest BCUT2D eigenvalue weighted by molar-refractivity contribution is 5.90. The fourth-order valence-corrected chi connectivity index (χ4v) is 1.46. The Morgan fingerprint density at radius 1 is 1.26 bits per heavy atom. The summed E-state index contributed by atoms with van der Waals surface area (Å²) in [5.41, 5.74) is -1.14. The van der Waals surface area contributed by atoms with Gasteiger partial charge < -0.3 is 4.74 Å². The molecule has 2 rings (SSSR count). The summed E-state index contributed by atoms with van der Waals surface area (Å²) in [6.45, 7) is -0.0951. The van der Waals surface area contributed by atoms with E-state index in [1.54, 1.807) is 35.4 Å². The molecule has 100 valence electrons. The van der Waals surface area contributed by atoms with Crippen molar-refractivity contribution in [3.05, 3.63) is 53.3 Å². The van der Waals surface area contributed by atoms with Crippen LogP contribution in [0.5, 0.6) is 0 Å². The Morgan fingerprint density at radius 3 is 2.58 bits per heavy atom. The van der Waals surface area contributed by atoms with Gasteiger partial charge in [0.1, 0.15) is 12.2 Å². The number of esters is 1.